The van der Waals surface area contributed by atoms with E-state index in [0.29, 0.717) is 0 Å². The summed E-state index contributed by atoms with van der Waals surface area (Å²) in [5.74, 6) is 0. The van der Waals surface area contributed by atoms with Gasteiger partial charge in [-0.3, -0.25) is 0 Å². The maximum atomic E-state index is 2.29. The molecule has 14 heavy (non-hydrogen) atoms. The van der Waals surface area contributed by atoms with Crippen LogP contribution in [0.4, 0.5) is 0 Å². The Bertz CT molecular complexity index is 495. The van der Waals surface area contributed by atoms with Crippen molar-refractivity contribution in [3.8, 4) is 11.1 Å². The van der Waals surface area contributed by atoms with Gasteiger partial charge in [-0.05, 0) is 35.6 Å². The van der Waals surface area contributed by atoms with E-state index < -0.39 is 0 Å². The molecule has 0 unspecified atom stereocenters. The van der Waals surface area contributed by atoms with E-state index in [1.54, 1.807) is 0 Å². The molecule has 0 aliphatic heterocycles. The van der Waals surface area contributed by atoms with E-state index in [9.17, 15) is 0 Å². The Morgan fingerprint density at radius 3 is 2.57 bits per heavy atom. The molecular formula is C14H12. The molecule has 0 heteroatoms. The third kappa shape index (κ3) is 1.00. The van der Waals surface area contributed by atoms with E-state index in [1.165, 1.54) is 27.8 Å². The van der Waals surface area contributed by atoms with E-state index in [0.717, 1.165) is 6.42 Å². The molecule has 0 fully saturated rings. The molecule has 0 nitrogen and oxygen atoms in total. The van der Waals surface area contributed by atoms with E-state index in [1.807, 2.05) is 0 Å². The van der Waals surface area contributed by atoms with Gasteiger partial charge in [0.2, 0.25) is 0 Å². The van der Waals surface area contributed by atoms with Gasteiger partial charge in [0.25, 0.3) is 0 Å². The second kappa shape index (κ2) is 2.71. The average Bonchev–Trinajstić information content (AvgIpc) is 2.56. The predicted octanol–water partition coefficient (Wildman–Crippen LogP) is 3.57. The normalized spacial score (nSPS) is 12.4. The van der Waals surface area contributed by atoms with Gasteiger partial charge >= 0.3 is 0 Å². The van der Waals surface area contributed by atoms with E-state index in [4.69, 9.17) is 0 Å². The van der Waals surface area contributed by atoms with Gasteiger partial charge < -0.3 is 0 Å². The zero-order valence-corrected chi connectivity index (χ0v) is 8.25. The number of aryl methyl sites for hydroxylation is 1. The highest BCUT2D eigenvalue weighted by atomic mass is 14.2. The number of rotatable bonds is 0. The average molecular weight is 180 g/mol. The molecule has 0 radical (unpaired) electrons. The first-order chi connectivity index (χ1) is 6.84. The minimum Gasteiger partial charge on any atom is -0.0619 e. The first-order valence-corrected chi connectivity index (χ1v) is 5.02. The fourth-order valence-corrected chi connectivity index (χ4v) is 2.24. The number of fused-ring (bicyclic) bond motifs is 3. The summed E-state index contributed by atoms with van der Waals surface area (Å²) < 4.78 is 0. The Balaban J connectivity index is 2.30. The summed E-state index contributed by atoms with van der Waals surface area (Å²) in [4.78, 5) is 0. The second-order valence-corrected chi connectivity index (χ2v) is 3.99. The van der Waals surface area contributed by atoms with Crippen molar-refractivity contribution in [1.29, 1.82) is 0 Å². The first-order valence-electron chi connectivity index (χ1n) is 5.02. The molecule has 0 saturated carbocycles. The molecule has 1 aliphatic carbocycles. The SMILES string of the molecule is Cc1ccc2c(c1)-c1ccccc1C2. The molecule has 1 aliphatic rings. The summed E-state index contributed by atoms with van der Waals surface area (Å²) in [6.07, 6.45) is 1.10. The molecule has 0 heterocycles. The molecule has 0 atom stereocenters. The largest absolute Gasteiger partial charge is 0.0619 e. The molecule has 2 aromatic rings. The maximum absolute atomic E-state index is 2.29. The van der Waals surface area contributed by atoms with Crippen LogP contribution in [0.3, 0.4) is 0 Å². The van der Waals surface area contributed by atoms with Gasteiger partial charge in [-0.2, -0.15) is 0 Å². The first kappa shape index (κ1) is 7.81. The van der Waals surface area contributed by atoms with Gasteiger partial charge in [0.1, 0.15) is 0 Å². The van der Waals surface area contributed by atoms with Crippen molar-refractivity contribution in [2.75, 3.05) is 0 Å². The Labute approximate surface area is 84.2 Å². The van der Waals surface area contributed by atoms with Crippen molar-refractivity contribution in [3.05, 3.63) is 59.2 Å². The van der Waals surface area contributed by atoms with Crippen LogP contribution < -0.4 is 0 Å². The lowest BCUT2D eigenvalue weighted by molar-refractivity contribution is 1.26. The molecule has 3 rings (SSSR count). The maximum Gasteiger partial charge on any atom is -0.00135 e. The van der Waals surface area contributed by atoms with Crippen LogP contribution in [0.5, 0.6) is 0 Å². The van der Waals surface area contributed by atoms with Gasteiger partial charge in [-0.25, -0.2) is 0 Å². The summed E-state index contributed by atoms with van der Waals surface area (Å²) in [6, 6.07) is 15.4. The third-order valence-corrected chi connectivity index (χ3v) is 2.95. The van der Waals surface area contributed by atoms with E-state index in [2.05, 4.69) is 49.4 Å². The van der Waals surface area contributed by atoms with Crippen LogP contribution in [0.25, 0.3) is 11.1 Å². The van der Waals surface area contributed by atoms with Crippen LogP contribution in [0, 0.1) is 6.92 Å². The van der Waals surface area contributed by atoms with Crippen molar-refractivity contribution in [2.24, 2.45) is 0 Å². The molecule has 0 amide bonds. The summed E-state index contributed by atoms with van der Waals surface area (Å²) >= 11 is 0. The van der Waals surface area contributed by atoms with Gasteiger partial charge in [-0.1, -0.05) is 48.0 Å². The van der Waals surface area contributed by atoms with Crippen LogP contribution in [0.1, 0.15) is 16.7 Å². The van der Waals surface area contributed by atoms with E-state index >= 15 is 0 Å². The van der Waals surface area contributed by atoms with Crippen molar-refractivity contribution in [2.45, 2.75) is 13.3 Å². The number of benzene rings is 2. The minimum atomic E-state index is 1.10. The highest BCUT2D eigenvalue weighted by molar-refractivity contribution is 5.77. The Kier molecular flexibility index (Phi) is 1.51. The van der Waals surface area contributed by atoms with Crippen LogP contribution >= 0.6 is 0 Å². The summed E-state index contributed by atoms with van der Waals surface area (Å²) in [5.41, 5.74) is 7.14. The van der Waals surface area contributed by atoms with E-state index in [-0.39, 0.29) is 0 Å². The van der Waals surface area contributed by atoms with Gasteiger partial charge in [-0.15, -0.1) is 0 Å². The van der Waals surface area contributed by atoms with Gasteiger partial charge in [0.05, 0.1) is 0 Å². The fourth-order valence-electron chi connectivity index (χ4n) is 2.24. The molecular weight excluding hydrogens is 168 g/mol. The van der Waals surface area contributed by atoms with Crippen LogP contribution in [-0.2, 0) is 6.42 Å². The summed E-state index contributed by atoms with van der Waals surface area (Å²) in [7, 11) is 0. The highest BCUT2D eigenvalue weighted by Crippen LogP contribution is 2.36. The minimum absolute atomic E-state index is 1.10. The van der Waals surface area contributed by atoms with Crippen molar-refractivity contribution in [3.63, 3.8) is 0 Å². The summed E-state index contributed by atoms with van der Waals surface area (Å²) in [5, 5.41) is 0. The number of hydrogen-bond acceptors (Lipinski definition) is 0. The van der Waals surface area contributed by atoms with Crippen molar-refractivity contribution in [1.82, 2.24) is 0 Å². The fraction of sp³-hybridized carbons (Fsp3) is 0.143. The van der Waals surface area contributed by atoms with Crippen LogP contribution in [-0.4, -0.2) is 0 Å². The predicted molar refractivity (Wildman–Crippen MR) is 59.4 cm³/mol. The molecule has 2 aromatic carbocycles. The lowest BCUT2D eigenvalue weighted by Gasteiger charge is -2.01. The standard InChI is InChI=1S/C14H12/c1-10-6-7-12-9-11-4-2-3-5-13(11)14(12)8-10/h2-8H,9H2,1H3. The van der Waals surface area contributed by atoms with Gasteiger partial charge in [0.15, 0.2) is 0 Å². The zero-order valence-electron chi connectivity index (χ0n) is 8.25. The molecule has 0 saturated heterocycles. The quantitative estimate of drug-likeness (QED) is 0.496. The molecule has 0 spiro atoms. The van der Waals surface area contributed by atoms with Crippen LogP contribution in [0.15, 0.2) is 42.5 Å². The van der Waals surface area contributed by atoms with Gasteiger partial charge in [0, 0.05) is 0 Å². The molecule has 0 bridgehead atoms. The van der Waals surface area contributed by atoms with Crippen molar-refractivity contribution >= 4 is 0 Å². The second-order valence-electron chi connectivity index (χ2n) is 3.99. The Morgan fingerprint density at radius 2 is 1.64 bits per heavy atom. The summed E-state index contributed by atoms with van der Waals surface area (Å²) in [6.45, 7) is 2.15. The number of hydrogen-bond donors (Lipinski definition) is 0. The molecule has 68 valence electrons. The molecule has 0 N–H and O–H groups in total. The lowest BCUT2D eigenvalue weighted by Crippen LogP contribution is -1.80. The third-order valence-electron chi connectivity index (χ3n) is 2.95. The zero-order chi connectivity index (χ0) is 9.54. The topological polar surface area (TPSA) is 0 Å². The lowest BCUT2D eigenvalue weighted by atomic mass is 10.0. The van der Waals surface area contributed by atoms with Crippen molar-refractivity contribution < 1.29 is 0 Å². The Morgan fingerprint density at radius 1 is 0.857 bits per heavy atom. The van der Waals surface area contributed by atoms with Crippen LogP contribution in [0.2, 0.25) is 0 Å². The Hall–Kier alpha value is -1.56. The monoisotopic (exact) mass is 180 g/mol. The smallest absolute Gasteiger partial charge is 0.00135 e. The highest BCUT2D eigenvalue weighted by Gasteiger charge is 2.16. The molecule has 0 aromatic heterocycles.